The molecule has 4 heteroatoms. The number of hydrogen-bond donors (Lipinski definition) is 0. The normalized spacial score (nSPS) is 20.3. The molecule has 1 spiro atoms. The van der Waals surface area contributed by atoms with E-state index in [-0.39, 0.29) is 5.41 Å². The van der Waals surface area contributed by atoms with E-state index in [2.05, 4.69) is 105 Å². The van der Waals surface area contributed by atoms with Crippen molar-refractivity contribution in [2.24, 2.45) is 4.99 Å². The lowest BCUT2D eigenvalue weighted by atomic mass is 9.77. The molecule has 4 aromatic carbocycles. The van der Waals surface area contributed by atoms with Gasteiger partial charge < -0.3 is 9.64 Å². The van der Waals surface area contributed by atoms with E-state index in [1.807, 2.05) is 12.3 Å². The number of likely N-dealkylation sites (N-methyl/N-ethyl adjacent to an activating group) is 1. The highest BCUT2D eigenvalue weighted by atomic mass is 32.2. The summed E-state index contributed by atoms with van der Waals surface area (Å²) in [6.07, 6.45) is 2.01. The van der Waals surface area contributed by atoms with E-state index in [4.69, 9.17) is 9.73 Å². The Morgan fingerprint density at radius 2 is 1.53 bits per heavy atom. The summed E-state index contributed by atoms with van der Waals surface area (Å²) in [7, 11) is 2.10. The molecule has 32 heavy (non-hydrogen) atoms. The van der Waals surface area contributed by atoms with E-state index in [9.17, 15) is 0 Å². The quantitative estimate of drug-likeness (QED) is 0.332. The number of ether oxygens (including phenoxy) is 1. The van der Waals surface area contributed by atoms with Crippen LogP contribution < -0.4 is 9.64 Å². The number of fused-ring (bicyclic) bond motifs is 4. The number of para-hydroxylation sites is 1. The van der Waals surface area contributed by atoms with E-state index < -0.39 is 5.72 Å². The number of benzene rings is 4. The maximum atomic E-state index is 6.94. The zero-order chi connectivity index (χ0) is 21.9. The van der Waals surface area contributed by atoms with E-state index in [0.717, 1.165) is 16.8 Å². The number of hydrogen-bond acceptors (Lipinski definition) is 4. The van der Waals surface area contributed by atoms with Gasteiger partial charge in [-0.3, -0.25) is 4.99 Å². The molecule has 6 rings (SSSR count). The lowest BCUT2D eigenvalue weighted by Crippen LogP contribution is -2.61. The van der Waals surface area contributed by atoms with E-state index in [1.165, 1.54) is 26.4 Å². The molecule has 0 saturated carbocycles. The van der Waals surface area contributed by atoms with Crippen LogP contribution >= 0.6 is 11.8 Å². The smallest absolute Gasteiger partial charge is 0.228 e. The Morgan fingerprint density at radius 1 is 0.844 bits per heavy atom. The molecule has 0 radical (unpaired) electrons. The SMILES string of the molecule is CN1c2ccccc2C(C)(C)C12C=Nc1c(cc(Sc3ccccc3)c3ccccc13)O2. The molecule has 158 valence electrons. The predicted octanol–water partition coefficient (Wildman–Crippen LogP) is 7.21. The van der Waals surface area contributed by atoms with Crippen molar-refractivity contribution in [3.8, 4) is 5.75 Å². The van der Waals surface area contributed by atoms with Crippen LogP contribution in [0.2, 0.25) is 0 Å². The van der Waals surface area contributed by atoms with Crippen molar-refractivity contribution < 1.29 is 4.74 Å². The van der Waals surface area contributed by atoms with Gasteiger partial charge in [0.15, 0.2) is 0 Å². The summed E-state index contributed by atoms with van der Waals surface area (Å²) in [6, 6.07) is 29.7. The fourth-order valence-corrected chi connectivity index (χ4v) is 6.09. The molecule has 1 atom stereocenters. The van der Waals surface area contributed by atoms with Gasteiger partial charge in [0.05, 0.1) is 11.6 Å². The minimum atomic E-state index is -0.680. The molecule has 3 nitrogen and oxygen atoms in total. The number of rotatable bonds is 2. The third kappa shape index (κ3) is 2.59. The minimum Gasteiger partial charge on any atom is -0.459 e. The first kappa shape index (κ1) is 19.4. The standard InChI is InChI=1S/C28H24N2OS/c1-27(2)22-15-9-10-16-23(22)30(3)28(27)18-29-26-21-14-8-7-13-20(21)25(17-24(26)31-28)32-19-11-5-4-6-12-19/h4-18H,1-3H3. The molecular weight excluding hydrogens is 412 g/mol. The van der Waals surface area contributed by atoms with E-state index in [0.29, 0.717) is 0 Å². The average molecular weight is 437 g/mol. The molecule has 0 fully saturated rings. The molecule has 0 amide bonds. The van der Waals surface area contributed by atoms with Crippen molar-refractivity contribution in [3.63, 3.8) is 0 Å². The van der Waals surface area contributed by atoms with Crippen molar-refractivity contribution in [2.75, 3.05) is 11.9 Å². The predicted molar refractivity (Wildman–Crippen MR) is 134 cm³/mol. The molecule has 0 bridgehead atoms. The number of anilines is 1. The van der Waals surface area contributed by atoms with Crippen LogP contribution in [-0.4, -0.2) is 19.0 Å². The number of nitrogens with zero attached hydrogens (tertiary/aromatic N) is 2. The van der Waals surface area contributed by atoms with Crippen LogP contribution in [-0.2, 0) is 5.41 Å². The summed E-state index contributed by atoms with van der Waals surface area (Å²) >= 11 is 1.76. The highest BCUT2D eigenvalue weighted by Gasteiger charge is 2.58. The summed E-state index contributed by atoms with van der Waals surface area (Å²) in [6.45, 7) is 4.49. The lowest BCUT2D eigenvalue weighted by molar-refractivity contribution is 0.0824. The summed E-state index contributed by atoms with van der Waals surface area (Å²) < 4.78 is 6.94. The van der Waals surface area contributed by atoms with Crippen molar-refractivity contribution in [1.82, 2.24) is 0 Å². The Labute approximate surface area is 192 Å². The van der Waals surface area contributed by atoms with Crippen LogP contribution in [0.15, 0.2) is 99.7 Å². The maximum absolute atomic E-state index is 6.94. The first-order valence-electron chi connectivity index (χ1n) is 10.9. The monoisotopic (exact) mass is 436 g/mol. The fourth-order valence-electron chi connectivity index (χ4n) is 5.09. The largest absolute Gasteiger partial charge is 0.459 e. The third-order valence-corrected chi connectivity index (χ3v) is 7.95. The van der Waals surface area contributed by atoms with E-state index in [1.54, 1.807) is 11.8 Å². The van der Waals surface area contributed by atoms with Crippen LogP contribution in [0, 0.1) is 0 Å². The first-order valence-corrected chi connectivity index (χ1v) is 11.7. The van der Waals surface area contributed by atoms with Gasteiger partial charge in [-0.15, -0.1) is 0 Å². The topological polar surface area (TPSA) is 24.8 Å². The van der Waals surface area contributed by atoms with Gasteiger partial charge in [0.1, 0.15) is 11.4 Å². The summed E-state index contributed by atoms with van der Waals surface area (Å²) in [5, 5.41) is 2.31. The zero-order valence-corrected chi connectivity index (χ0v) is 19.2. The van der Waals surface area contributed by atoms with Crippen molar-refractivity contribution in [2.45, 2.75) is 34.8 Å². The molecule has 4 aromatic rings. The Hall–Kier alpha value is -3.24. The van der Waals surface area contributed by atoms with Crippen LogP contribution in [0.1, 0.15) is 19.4 Å². The van der Waals surface area contributed by atoms with Gasteiger partial charge in [0.2, 0.25) is 5.72 Å². The fraction of sp³-hybridized carbons (Fsp3) is 0.179. The molecule has 2 heterocycles. The Balaban J connectivity index is 1.52. The van der Waals surface area contributed by atoms with Gasteiger partial charge in [0, 0.05) is 27.9 Å². The summed E-state index contributed by atoms with van der Waals surface area (Å²) in [5.74, 6) is 0.831. The van der Waals surface area contributed by atoms with Crippen molar-refractivity contribution in [1.29, 1.82) is 0 Å². The average Bonchev–Trinajstić information content (AvgIpc) is 2.98. The molecule has 0 aliphatic carbocycles. The van der Waals surface area contributed by atoms with E-state index >= 15 is 0 Å². The molecule has 0 aromatic heterocycles. The second kappa shape index (κ2) is 6.88. The first-order chi connectivity index (χ1) is 15.5. The second-order valence-electron chi connectivity index (χ2n) is 8.94. The highest BCUT2D eigenvalue weighted by molar-refractivity contribution is 7.99. The van der Waals surface area contributed by atoms with Crippen molar-refractivity contribution in [3.05, 3.63) is 90.5 Å². The van der Waals surface area contributed by atoms with Crippen LogP contribution in [0.25, 0.3) is 10.8 Å². The highest BCUT2D eigenvalue weighted by Crippen LogP contribution is 2.55. The van der Waals surface area contributed by atoms with Gasteiger partial charge in [0.25, 0.3) is 0 Å². The van der Waals surface area contributed by atoms with Gasteiger partial charge in [-0.2, -0.15) is 0 Å². The molecule has 0 saturated heterocycles. The van der Waals surface area contributed by atoms with Crippen LogP contribution in [0.3, 0.4) is 0 Å². The Bertz CT molecular complexity index is 1380. The van der Waals surface area contributed by atoms with Gasteiger partial charge in [-0.1, -0.05) is 72.4 Å². The Kier molecular flexibility index (Phi) is 4.18. The molecule has 0 N–H and O–H groups in total. The molecule has 2 aliphatic rings. The lowest BCUT2D eigenvalue weighted by Gasteiger charge is -2.45. The van der Waals surface area contributed by atoms with Crippen LogP contribution in [0.5, 0.6) is 5.75 Å². The van der Waals surface area contributed by atoms with Gasteiger partial charge in [-0.25, -0.2) is 0 Å². The second-order valence-corrected chi connectivity index (χ2v) is 10.1. The molecule has 1 unspecified atom stereocenters. The number of aliphatic imine (C=N–C) groups is 1. The Morgan fingerprint density at radius 3 is 2.31 bits per heavy atom. The molecule has 2 aliphatic heterocycles. The summed E-state index contributed by atoms with van der Waals surface area (Å²) in [5.41, 5.74) is 2.42. The van der Waals surface area contributed by atoms with Gasteiger partial charge >= 0.3 is 0 Å². The van der Waals surface area contributed by atoms with Crippen molar-refractivity contribution >= 4 is 40.1 Å². The van der Waals surface area contributed by atoms with Gasteiger partial charge in [-0.05, 0) is 49.1 Å². The third-order valence-electron chi connectivity index (χ3n) is 6.88. The van der Waals surface area contributed by atoms with Crippen LogP contribution in [0.4, 0.5) is 11.4 Å². The zero-order valence-electron chi connectivity index (χ0n) is 18.4. The minimum absolute atomic E-state index is 0.266. The maximum Gasteiger partial charge on any atom is 0.228 e. The molecular formula is C28H24N2OS. The summed E-state index contributed by atoms with van der Waals surface area (Å²) in [4.78, 5) is 9.64.